The van der Waals surface area contributed by atoms with Gasteiger partial charge in [0.2, 0.25) is 0 Å². The van der Waals surface area contributed by atoms with Crippen LogP contribution in [0.4, 0.5) is 0 Å². The lowest BCUT2D eigenvalue weighted by Gasteiger charge is -2.33. The molecule has 2 rings (SSSR count). The van der Waals surface area contributed by atoms with Crippen molar-refractivity contribution in [1.29, 1.82) is 0 Å². The summed E-state index contributed by atoms with van der Waals surface area (Å²) in [6, 6.07) is 2.32. The van der Waals surface area contributed by atoms with Gasteiger partial charge in [-0.2, -0.15) is 5.10 Å². The average Bonchev–Trinajstić information content (AvgIpc) is 2.83. The van der Waals surface area contributed by atoms with Crippen LogP contribution >= 0.6 is 15.9 Å². The van der Waals surface area contributed by atoms with Gasteiger partial charge in [-0.05, 0) is 56.9 Å². The van der Waals surface area contributed by atoms with E-state index < -0.39 is 0 Å². The number of hydrogen-bond acceptors (Lipinski definition) is 1. The van der Waals surface area contributed by atoms with Crippen LogP contribution in [-0.4, -0.2) is 14.6 Å². The van der Waals surface area contributed by atoms with E-state index in [1.165, 1.54) is 43.5 Å². The molecule has 0 saturated heterocycles. The van der Waals surface area contributed by atoms with Crippen molar-refractivity contribution in [3.8, 4) is 0 Å². The second-order valence-corrected chi connectivity index (χ2v) is 7.04. The van der Waals surface area contributed by atoms with E-state index in [2.05, 4.69) is 52.5 Å². The second-order valence-electron chi connectivity index (χ2n) is 5.86. The van der Waals surface area contributed by atoms with Gasteiger partial charge in [-0.25, -0.2) is 0 Å². The molecular weight excluding hydrogens is 300 g/mol. The minimum absolute atomic E-state index is 0.695. The predicted octanol–water partition coefficient (Wildman–Crippen LogP) is 4.60. The number of aromatic nitrogens is 2. The molecule has 1 saturated carbocycles. The molecule has 0 radical (unpaired) electrons. The number of rotatable bonds is 5. The van der Waals surface area contributed by atoms with Crippen LogP contribution in [0.2, 0.25) is 0 Å². The Morgan fingerprint density at radius 1 is 1.32 bits per heavy atom. The first kappa shape index (κ1) is 15.1. The number of alkyl halides is 1. The highest BCUT2D eigenvalue weighted by Gasteiger charge is 2.29. The third-order valence-corrected chi connectivity index (χ3v) is 5.83. The SMILES string of the molecule is CCc1cc(CC2CC(CC)CCC2Br)n(CC)n1. The van der Waals surface area contributed by atoms with Gasteiger partial charge < -0.3 is 0 Å². The molecule has 1 fully saturated rings. The van der Waals surface area contributed by atoms with Crippen LogP contribution < -0.4 is 0 Å². The standard InChI is InChI=1S/C16H27BrN2/c1-4-12-7-8-16(17)13(9-12)10-15-11-14(5-2)18-19(15)6-3/h11-13,16H,4-10H2,1-3H3. The summed E-state index contributed by atoms with van der Waals surface area (Å²) in [5.74, 6) is 1.72. The fraction of sp³-hybridized carbons (Fsp3) is 0.812. The lowest BCUT2D eigenvalue weighted by atomic mass is 9.78. The summed E-state index contributed by atoms with van der Waals surface area (Å²) in [5, 5.41) is 4.68. The Hall–Kier alpha value is -0.310. The molecule has 0 spiro atoms. The summed E-state index contributed by atoms with van der Waals surface area (Å²) in [6.07, 6.45) is 7.68. The lowest BCUT2D eigenvalue weighted by molar-refractivity contribution is 0.267. The van der Waals surface area contributed by atoms with Crippen molar-refractivity contribution in [2.24, 2.45) is 11.8 Å². The summed E-state index contributed by atoms with van der Waals surface area (Å²) >= 11 is 3.91. The van der Waals surface area contributed by atoms with Gasteiger partial charge >= 0.3 is 0 Å². The van der Waals surface area contributed by atoms with Crippen LogP contribution in [0.5, 0.6) is 0 Å². The Morgan fingerprint density at radius 2 is 2.11 bits per heavy atom. The van der Waals surface area contributed by atoms with Crippen LogP contribution in [0, 0.1) is 11.8 Å². The van der Waals surface area contributed by atoms with Gasteiger partial charge in [0.15, 0.2) is 0 Å². The second kappa shape index (κ2) is 6.92. The van der Waals surface area contributed by atoms with Crippen LogP contribution in [0.25, 0.3) is 0 Å². The number of nitrogens with zero attached hydrogens (tertiary/aromatic N) is 2. The van der Waals surface area contributed by atoms with E-state index in [1.54, 1.807) is 0 Å². The highest BCUT2D eigenvalue weighted by molar-refractivity contribution is 9.09. The highest BCUT2D eigenvalue weighted by Crippen LogP contribution is 2.37. The van der Waals surface area contributed by atoms with Crippen molar-refractivity contribution >= 4 is 15.9 Å². The molecule has 3 unspecified atom stereocenters. The Labute approximate surface area is 126 Å². The zero-order valence-corrected chi connectivity index (χ0v) is 14.1. The van der Waals surface area contributed by atoms with Crippen LogP contribution in [-0.2, 0) is 19.4 Å². The zero-order chi connectivity index (χ0) is 13.8. The van der Waals surface area contributed by atoms with E-state index in [4.69, 9.17) is 0 Å². The topological polar surface area (TPSA) is 17.8 Å². The van der Waals surface area contributed by atoms with Crippen LogP contribution in [0.15, 0.2) is 6.07 Å². The molecule has 1 aliphatic carbocycles. The third-order valence-electron chi connectivity index (χ3n) is 4.62. The minimum atomic E-state index is 0.695. The molecule has 3 atom stereocenters. The van der Waals surface area contributed by atoms with Crippen LogP contribution in [0.3, 0.4) is 0 Å². The summed E-state index contributed by atoms with van der Waals surface area (Å²) in [6.45, 7) is 7.71. The van der Waals surface area contributed by atoms with E-state index in [1.807, 2.05) is 0 Å². The first-order valence-corrected chi connectivity index (χ1v) is 8.79. The van der Waals surface area contributed by atoms with E-state index >= 15 is 0 Å². The summed E-state index contributed by atoms with van der Waals surface area (Å²) < 4.78 is 2.20. The van der Waals surface area contributed by atoms with Gasteiger partial charge in [0.05, 0.1) is 5.69 Å². The molecule has 108 valence electrons. The monoisotopic (exact) mass is 326 g/mol. The average molecular weight is 327 g/mol. The van der Waals surface area contributed by atoms with Crippen molar-refractivity contribution < 1.29 is 0 Å². The number of halogens is 1. The molecule has 0 amide bonds. The van der Waals surface area contributed by atoms with E-state index in [0.29, 0.717) is 4.83 Å². The molecule has 1 heterocycles. The van der Waals surface area contributed by atoms with Gasteiger partial charge in [0.1, 0.15) is 0 Å². The molecule has 1 aliphatic rings. The fourth-order valence-corrected chi connectivity index (χ4v) is 3.97. The van der Waals surface area contributed by atoms with Gasteiger partial charge in [-0.3, -0.25) is 4.68 Å². The molecule has 19 heavy (non-hydrogen) atoms. The van der Waals surface area contributed by atoms with Gasteiger partial charge in [0, 0.05) is 17.1 Å². The zero-order valence-electron chi connectivity index (χ0n) is 12.5. The number of aryl methyl sites for hydroxylation is 2. The molecule has 0 bridgehead atoms. The maximum Gasteiger partial charge on any atom is 0.0624 e. The summed E-state index contributed by atoms with van der Waals surface area (Å²) in [5.41, 5.74) is 2.68. The molecule has 0 aromatic carbocycles. The molecular formula is C16H27BrN2. The van der Waals surface area contributed by atoms with Gasteiger partial charge in [-0.1, -0.05) is 36.2 Å². The molecule has 0 N–H and O–H groups in total. The van der Waals surface area contributed by atoms with Crippen molar-refractivity contribution in [3.05, 3.63) is 17.5 Å². The van der Waals surface area contributed by atoms with Crippen molar-refractivity contribution in [2.75, 3.05) is 0 Å². The van der Waals surface area contributed by atoms with Crippen molar-refractivity contribution in [2.45, 2.75) is 70.7 Å². The maximum atomic E-state index is 4.68. The molecule has 0 aliphatic heterocycles. The van der Waals surface area contributed by atoms with Crippen molar-refractivity contribution in [1.82, 2.24) is 9.78 Å². The third kappa shape index (κ3) is 3.62. The highest BCUT2D eigenvalue weighted by atomic mass is 79.9. The first-order valence-electron chi connectivity index (χ1n) is 7.87. The Balaban J connectivity index is 2.08. The van der Waals surface area contributed by atoms with Crippen molar-refractivity contribution in [3.63, 3.8) is 0 Å². The minimum Gasteiger partial charge on any atom is -0.270 e. The fourth-order valence-electron chi connectivity index (χ4n) is 3.30. The predicted molar refractivity (Wildman–Crippen MR) is 84.8 cm³/mol. The molecule has 2 nitrogen and oxygen atoms in total. The summed E-state index contributed by atoms with van der Waals surface area (Å²) in [7, 11) is 0. The lowest BCUT2D eigenvalue weighted by Crippen LogP contribution is -2.27. The number of hydrogen-bond donors (Lipinski definition) is 0. The van der Waals surface area contributed by atoms with E-state index in [-0.39, 0.29) is 0 Å². The smallest absolute Gasteiger partial charge is 0.0624 e. The van der Waals surface area contributed by atoms with Crippen LogP contribution in [0.1, 0.15) is 57.8 Å². The van der Waals surface area contributed by atoms with Gasteiger partial charge in [-0.15, -0.1) is 0 Å². The molecule has 1 aromatic rings. The largest absolute Gasteiger partial charge is 0.270 e. The normalized spacial score (nSPS) is 27.7. The Bertz CT molecular complexity index is 399. The molecule has 3 heteroatoms. The van der Waals surface area contributed by atoms with E-state index in [9.17, 15) is 0 Å². The first-order chi connectivity index (χ1) is 9.17. The Kier molecular flexibility index (Phi) is 5.49. The maximum absolute atomic E-state index is 4.68. The quantitative estimate of drug-likeness (QED) is 0.723. The molecule has 1 aromatic heterocycles. The van der Waals surface area contributed by atoms with Gasteiger partial charge in [0.25, 0.3) is 0 Å². The van der Waals surface area contributed by atoms with E-state index in [0.717, 1.165) is 24.8 Å². The summed E-state index contributed by atoms with van der Waals surface area (Å²) in [4.78, 5) is 0.695. The Morgan fingerprint density at radius 3 is 2.74 bits per heavy atom.